The van der Waals surface area contributed by atoms with Crippen LogP contribution in [-0.4, -0.2) is 20.8 Å². The van der Waals surface area contributed by atoms with Crippen LogP contribution in [0.25, 0.3) is 5.82 Å². The molecule has 2 aromatic heterocycles. The van der Waals surface area contributed by atoms with Crippen LogP contribution in [0.2, 0.25) is 10.0 Å². The molecule has 0 aromatic carbocycles. The first kappa shape index (κ1) is 12.0. The summed E-state index contributed by atoms with van der Waals surface area (Å²) >= 11 is 12.0. The maximum absolute atomic E-state index is 6.13. The molecule has 0 aliphatic heterocycles. The summed E-state index contributed by atoms with van der Waals surface area (Å²) in [6.45, 7) is 0.758. The van der Waals surface area contributed by atoms with Crippen molar-refractivity contribution in [3.63, 3.8) is 0 Å². The standard InChI is InChI=1S/C12H12Cl2N4/c13-9-5-17-18(7-9)12-3-8(11(14)6-16-12)4-15-10-1-2-10/h3,5-7,10,15H,1-2,4H2. The minimum atomic E-state index is 0.587. The normalized spacial score (nSPS) is 15.0. The third-order valence-electron chi connectivity index (χ3n) is 2.86. The number of hydrogen-bond acceptors (Lipinski definition) is 3. The molecular weight excluding hydrogens is 271 g/mol. The van der Waals surface area contributed by atoms with Gasteiger partial charge in [-0.15, -0.1) is 0 Å². The Balaban J connectivity index is 1.84. The predicted octanol–water partition coefficient (Wildman–Crippen LogP) is 2.83. The summed E-state index contributed by atoms with van der Waals surface area (Å²) in [5, 5.41) is 8.81. The maximum Gasteiger partial charge on any atom is 0.153 e. The van der Waals surface area contributed by atoms with Crippen LogP contribution in [0, 0.1) is 0 Å². The van der Waals surface area contributed by atoms with Crippen LogP contribution >= 0.6 is 23.2 Å². The van der Waals surface area contributed by atoms with Gasteiger partial charge < -0.3 is 5.32 Å². The van der Waals surface area contributed by atoms with E-state index in [-0.39, 0.29) is 0 Å². The molecule has 2 aromatic rings. The molecule has 4 nitrogen and oxygen atoms in total. The molecule has 0 bridgehead atoms. The molecule has 1 aliphatic carbocycles. The Morgan fingerprint density at radius 1 is 1.33 bits per heavy atom. The second-order valence-electron chi connectivity index (χ2n) is 4.39. The van der Waals surface area contributed by atoms with Gasteiger partial charge in [0.2, 0.25) is 0 Å². The predicted molar refractivity (Wildman–Crippen MR) is 71.2 cm³/mol. The van der Waals surface area contributed by atoms with Crippen molar-refractivity contribution in [2.24, 2.45) is 0 Å². The molecular formula is C12H12Cl2N4. The number of nitrogens with one attached hydrogen (secondary N) is 1. The zero-order valence-corrected chi connectivity index (χ0v) is 11.1. The minimum absolute atomic E-state index is 0.587. The highest BCUT2D eigenvalue weighted by atomic mass is 35.5. The zero-order valence-electron chi connectivity index (χ0n) is 9.61. The topological polar surface area (TPSA) is 42.7 Å². The van der Waals surface area contributed by atoms with Gasteiger partial charge in [0, 0.05) is 18.8 Å². The van der Waals surface area contributed by atoms with E-state index in [2.05, 4.69) is 15.4 Å². The van der Waals surface area contributed by atoms with Crippen molar-refractivity contribution in [2.75, 3.05) is 0 Å². The highest BCUT2D eigenvalue weighted by molar-refractivity contribution is 6.31. The van der Waals surface area contributed by atoms with Crippen LogP contribution < -0.4 is 5.32 Å². The molecule has 18 heavy (non-hydrogen) atoms. The number of aromatic nitrogens is 3. The van der Waals surface area contributed by atoms with E-state index in [1.54, 1.807) is 23.3 Å². The molecule has 0 radical (unpaired) electrons. The van der Waals surface area contributed by atoms with E-state index in [9.17, 15) is 0 Å². The van der Waals surface area contributed by atoms with Crippen molar-refractivity contribution in [1.82, 2.24) is 20.1 Å². The first-order valence-corrected chi connectivity index (χ1v) is 6.56. The van der Waals surface area contributed by atoms with Gasteiger partial charge >= 0.3 is 0 Å². The van der Waals surface area contributed by atoms with E-state index in [0.717, 1.165) is 17.9 Å². The first-order chi connectivity index (χ1) is 8.72. The van der Waals surface area contributed by atoms with Crippen LogP contribution in [0.3, 0.4) is 0 Å². The van der Waals surface area contributed by atoms with E-state index < -0.39 is 0 Å². The monoisotopic (exact) mass is 282 g/mol. The summed E-state index contributed by atoms with van der Waals surface area (Å²) in [6.07, 6.45) is 7.46. The van der Waals surface area contributed by atoms with E-state index in [1.165, 1.54) is 12.8 Å². The molecule has 0 atom stereocenters. The van der Waals surface area contributed by atoms with Crippen LogP contribution in [0.15, 0.2) is 24.7 Å². The molecule has 2 heterocycles. The molecule has 1 aliphatic rings. The molecule has 94 valence electrons. The summed E-state index contributed by atoms with van der Waals surface area (Å²) in [5.41, 5.74) is 1.03. The van der Waals surface area contributed by atoms with Gasteiger partial charge in [0.25, 0.3) is 0 Å². The highest BCUT2D eigenvalue weighted by Crippen LogP contribution is 2.22. The van der Waals surface area contributed by atoms with Crippen LogP contribution in [0.4, 0.5) is 0 Å². The third kappa shape index (κ3) is 2.66. The molecule has 0 unspecified atom stereocenters. The fraction of sp³-hybridized carbons (Fsp3) is 0.333. The Kier molecular flexibility index (Phi) is 3.24. The fourth-order valence-electron chi connectivity index (χ4n) is 1.70. The fourth-order valence-corrected chi connectivity index (χ4v) is 2.00. The molecule has 0 amide bonds. The van der Waals surface area contributed by atoms with Gasteiger partial charge in [-0.05, 0) is 24.5 Å². The minimum Gasteiger partial charge on any atom is -0.310 e. The molecule has 0 spiro atoms. The summed E-state index contributed by atoms with van der Waals surface area (Å²) in [4.78, 5) is 4.25. The Morgan fingerprint density at radius 2 is 2.17 bits per heavy atom. The van der Waals surface area contributed by atoms with Gasteiger partial charge in [-0.1, -0.05) is 23.2 Å². The molecule has 0 saturated heterocycles. The Morgan fingerprint density at radius 3 is 2.83 bits per heavy atom. The molecule has 6 heteroatoms. The summed E-state index contributed by atoms with van der Waals surface area (Å²) in [5.74, 6) is 0.721. The van der Waals surface area contributed by atoms with Crippen molar-refractivity contribution in [2.45, 2.75) is 25.4 Å². The van der Waals surface area contributed by atoms with Crippen molar-refractivity contribution in [1.29, 1.82) is 0 Å². The van der Waals surface area contributed by atoms with Crippen LogP contribution in [-0.2, 0) is 6.54 Å². The van der Waals surface area contributed by atoms with E-state index in [4.69, 9.17) is 23.2 Å². The van der Waals surface area contributed by atoms with Crippen molar-refractivity contribution in [3.05, 3.63) is 40.3 Å². The van der Waals surface area contributed by atoms with Crippen molar-refractivity contribution < 1.29 is 0 Å². The highest BCUT2D eigenvalue weighted by Gasteiger charge is 2.20. The van der Waals surface area contributed by atoms with Crippen LogP contribution in [0.1, 0.15) is 18.4 Å². The smallest absolute Gasteiger partial charge is 0.153 e. The number of nitrogens with zero attached hydrogens (tertiary/aromatic N) is 3. The summed E-state index contributed by atoms with van der Waals surface area (Å²) in [6, 6.07) is 2.58. The molecule has 1 saturated carbocycles. The van der Waals surface area contributed by atoms with E-state index >= 15 is 0 Å². The van der Waals surface area contributed by atoms with Gasteiger partial charge in [-0.2, -0.15) is 5.10 Å². The average Bonchev–Trinajstić information content (AvgIpc) is 3.09. The van der Waals surface area contributed by atoms with Crippen molar-refractivity contribution in [3.8, 4) is 5.82 Å². The largest absolute Gasteiger partial charge is 0.310 e. The summed E-state index contributed by atoms with van der Waals surface area (Å²) in [7, 11) is 0. The van der Waals surface area contributed by atoms with E-state index in [0.29, 0.717) is 16.1 Å². The number of halogens is 2. The zero-order chi connectivity index (χ0) is 12.5. The van der Waals surface area contributed by atoms with Gasteiger partial charge in [0.15, 0.2) is 5.82 Å². The maximum atomic E-state index is 6.13. The Labute approximate surface area is 115 Å². The van der Waals surface area contributed by atoms with Crippen LogP contribution in [0.5, 0.6) is 0 Å². The second kappa shape index (κ2) is 4.88. The summed E-state index contributed by atoms with van der Waals surface area (Å²) < 4.78 is 1.64. The molecule has 3 rings (SSSR count). The average molecular weight is 283 g/mol. The molecule has 1 N–H and O–H groups in total. The SMILES string of the molecule is Clc1cnn(-c2cc(CNC3CC3)c(Cl)cn2)c1. The number of pyridine rings is 1. The second-order valence-corrected chi connectivity index (χ2v) is 5.24. The van der Waals surface area contributed by atoms with E-state index in [1.807, 2.05) is 6.07 Å². The first-order valence-electron chi connectivity index (χ1n) is 5.81. The number of hydrogen-bond donors (Lipinski definition) is 1. The van der Waals surface area contributed by atoms with Gasteiger partial charge in [-0.3, -0.25) is 0 Å². The lowest BCUT2D eigenvalue weighted by Gasteiger charge is -2.07. The third-order valence-corrected chi connectivity index (χ3v) is 3.40. The van der Waals surface area contributed by atoms with Gasteiger partial charge in [-0.25, -0.2) is 9.67 Å². The van der Waals surface area contributed by atoms with Gasteiger partial charge in [0.1, 0.15) is 0 Å². The Hall–Kier alpha value is -1.10. The van der Waals surface area contributed by atoms with Gasteiger partial charge in [0.05, 0.1) is 22.4 Å². The number of rotatable bonds is 4. The lowest BCUT2D eigenvalue weighted by atomic mass is 10.2. The molecule has 1 fully saturated rings. The van der Waals surface area contributed by atoms with Crippen molar-refractivity contribution >= 4 is 23.2 Å². The quantitative estimate of drug-likeness (QED) is 0.938. The lowest BCUT2D eigenvalue weighted by molar-refractivity contribution is 0.685. The Bertz CT molecular complexity index is 563. The lowest BCUT2D eigenvalue weighted by Crippen LogP contribution is -2.16.